The predicted molar refractivity (Wildman–Crippen MR) is 103 cm³/mol. The van der Waals surface area contributed by atoms with Crippen LogP contribution in [0.5, 0.6) is 11.6 Å². The summed E-state index contributed by atoms with van der Waals surface area (Å²) in [5.74, 6) is -1.34. The lowest BCUT2D eigenvalue weighted by atomic mass is 9.95. The van der Waals surface area contributed by atoms with Crippen LogP contribution in [0.2, 0.25) is 0 Å². The summed E-state index contributed by atoms with van der Waals surface area (Å²) in [6.07, 6.45) is 4.42. The van der Waals surface area contributed by atoms with Gasteiger partial charge in [-0.2, -0.15) is 5.10 Å². The highest BCUT2D eigenvalue weighted by molar-refractivity contribution is 6.02. The van der Waals surface area contributed by atoms with Gasteiger partial charge in [-0.05, 0) is 31.9 Å². The van der Waals surface area contributed by atoms with Crippen molar-refractivity contribution in [2.45, 2.75) is 45.1 Å². The van der Waals surface area contributed by atoms with Crippen molar-refractivity contribution >= 4 is 11.6 Å². The van der Waals surface area contributed by atoms with E-state index in [-0.39, 0.29) is 28.6 Å². The molecule has 0 radical (unpaired) electrons. The number of phenolic OH excluding ortho intramolecular Hbond substituents is 1. The summed E-state index contributed by atoms with van der Waals surface area (Å²) in [6, 6.07) is 5.75. The largest absolute Gasteiger partial charge is 0.507 e. The summed E-state index contributed by atoms with van der Waals surface area (Å²) >= 11 is 0. The van der Waals surface area contributed by atoms with Gasteiger partial charge in [-0.25, -0.2) is 10.2 Å². The molecule has 9 heteroatoms. The van der Waals surface area contributed by atoms with Crippen LogP contribution in [0.25, 0.3) is 0 Å². The van der Waals surface area contributed by atoms with E-state index in [1.54, 1.807) is 12.1 Å². The van der Waals surface area contributed by atoms with E-state index in [9.17, 15) is 24.6 Å². The van der Waals surface area contributed by atoms with E-state index in [0.717, 1.165) is 32.1 Å². The standard InChI is InChI=1S/C19H22N4O5/c1-11(21-22-16(25)13-9-5-6-10-14(13)24)15-17(26)20-19(28)23(18(15)27)12-7-3-2-4-8-12/h5-6,9-10,12,24,27H,2-4,7-8H2,1H3,(H,22,25)(H,20,26,28). The average molecular weight is 386 g/mol. The van der Waals surface area contributed by atoms with Crippen LogP contribution in [0.3, 0.4) is 0 Å². The molecule has 1 saturated carbocycles. The van der Waals surface area contributed by atoms with Gasteiger partial charge in [-0.1, -0.05) is 31.4 Å². The fourth-order valence-electron chi connectivity index (χ4n) is 3.46. The molecular formula is C19H22N4O5. The molecule has 0 atom stereocenters. The number of rotatable bonds is 4. The van der Waals surface area contributed by atoms with Crippen molar-refractivity contribution in [2.75, 3.05) is 0 Å². The number of hydrogen-bond acceptors (Lipinski definition) is 6. The lowest BCUT2D eigenvalue weighted by Crippen LogP contribution is -2.36. The second-order valence-electron chi connectivity index (χ2n) is 6.78. The molecule has 1 amide bonds. The first-order chi connectivity index (χ1) is 13.4. The third-order valence-electron chi connectivity index (χ3n) is 4.89. The number of carbonyl (C=O) groups excluding carboxylic acids is 1. The zero-order valence-electron chi connectivity index (χ0n) is 15.4. The van der Waals surface area contributed by atoms with Crippen LogP contribution in [-0.2, 0) is 0 Å². The van der Waals surface area contributed by atoms with Crippen molar-refractivity contribution in [3.8, 4) is 11.6 Å². The first-order valence-electron chi connectivity index (χ1n) is 9.11. The number of aromatic hydroxyl groups is 2. The van der Waals surface area contributed by atoms with E-state index in [1.165, 1.54) is 23.6 Å². The maximum Gasteiger partial charge on any atom is 0.331 e. The number of nitrogens with zero attached hydrogens (tertiary/aromatic N) is 2. The zero-order valence-corrected chi connectivity index (χ0v) is 15.4. The van der Waals surface area contributed by atoms with E-state index in [4.69, 9.17) is 0 Å². The number of hydrazone groups is 1. The second kappa shape index (κ2) is 8.12. The van der Waals surface area contributed by atoms with Crippen molar-refractivity contribution in [3.63, 3.8) is 0 Å². The zero-order chi connectivity index (χ0) is 20.3. The molecule has 2 aromatic rings. The molecule has 0 unspecified atom stereocenters. The maximum absolute atomic E-state index is 12.2. The number of benzene rings is 1. The number of aromatic nitrogens is 2. The number of aromatic amines is 1. The number of H-pyrrole nitrogens is 1. The summed E-state index contributed by atoms with van der Waals surface area (Å²) in [7, 11) is 0. The van der Waals surface area contributed by atoms with Gasteiger partial charge in [-0.3, -0.25) is 19.1 Å². The highest BCUT2D eigenvalue weighted by Crippen LogP contribution is 2.30. The summed E-state index contributed by atoms with van der Waals surface area (Å²) in [5, 5.41) is 24.2. The molecule has 0 spiro atoms. The first kappa shape index (κ1) is 19.4. The SMILES string of the molecule is CC(=NNC(=O)c1ccccc1O)c1c(O)n(C2CCCCC2)c(=O)[nH]c1=O. The molecule has 1 aliphatic rings. The third kappa shape index (κ3) is 3.83. The smallest absolute Gasteiger partial charge is 0.331 e. The highest BCUT2D eigenvalue weighted by atomic mass is 16.3. The maximum atomic E-state index is 12.2. The summed E-state index contributed by atoms with van der Waals surface area (Å²) in [5.41, 5.74) is 0.671. The minimum atomic E-state index is -0.785. The molecule has 4 N–H and O–H groups in total. The Labute approximate surface area is 160 Å². The van der Waals surface area contributed by atoms with Crippen LogP contribution >= 0.6 is 0 Å². The molecule has 1 aromatic heterocycles. The van der Waals surface area contributed by atoms with Gasteiger partial charge >= 0.3 is 5.69 Å². The van der Waals surface area contributed by atoms with E-state index in [0.29, 0.717) is 0 Å². The minimum absolute atomic E-state index is 0.0179. The minimum Gasteiger partial charge on any atom is -0.507 e. The van der Waals surface area contributed by atoms with Crippen molar-refractivity contribution < 1.29 is 15.0 Å². The van der Waals surface area contributed by atoms with Crippen LogP contribution in [-0.4, -0.2) is 31.4 Å². The quantitative estimate of drug-likeness (QED) is 0.467. The normalized spacial score (nSPS) is 15.4. The molecule has 1 heterocycles. The van der Waals surface area contributed by atoms with E-state index in [1.807, 2.05) is 0 Å². The predicted octanol–water partition coefficient (Wildman–Crippen LogP) is 1.61. The van der Waals surface area contributed by atoms with Crippen LogP contribution in [0.4, 0.5) is 0 Å². The van der Waals surface area contributed by atoms with Crippen LogP contribution in [0.15, 0.2) is 39.0 Å². The molecule has 9 nitrogen and oxygen atoms in total. The average Bonchev–Trinajstić information content (AvgIpc) is 2.67. The van der Waals surface area contributed by atoms with Gasteiger partial charge in [0, 0.05) is 6.04 Å². The molecule has 28 heavy (non-hydrogen) atoms. The number of nitrogens with one attached hydrogen (secondary N) is 2. The Morgan fingerprint density at radius 1 is 1.18 bits per heavy atom. The molecule has 148 valence electrons. The summed E-state index contributed by atoms with van der Waals surface area (Å²) in [4.78, 5) is 38.8. The van der Waals surface area contributed by atoms with Gasteiger partial charge in [0.05, 0.1) is 11.3 Å². The fourth-order valence-corrected chi connectivity index (χ4v) is 3.46. The van der Waals surface area contributed by atoms with Crippen molar-refractivity contribution in [1.82, 2.24) is 15.0 Å². The molecule has 1 aromatic carbocycles. The molecule has 0 aliphatic heterocycles. The fraction of sp³-hybridized carbons (Fsp3) is 0.368. The number of hydrogen-bond donors (Lipinski definition) is 4. The van der Waals surface area contributed by atoms with Crippen molar-refractivity contribution in [1.29, 1.82) is 0 Å². The Hall–Kier alpha value is -3.36. The first-order valence-corrected chi connectivity index (χ1v) is 9.11. The van der Waals surface area contributed by atoms with Crippen LogP contribution in [0, 0.1) is 0 Å². The molecular weight excluding hydrogens is 364 g/mol. The monoisotopic (exact) mass is 386 g/mol. The molecule has 0 bridgehead atoms. The van der Waals surface area contributed by atoms with E-state index < -0.39 is 23.0 Å². The number of amides is 1. The molecule has 3 rings (SSSR count). The Morgan fingerprint density at radius 2 is 1.86 bits per heavy atom. The Morgan fingerprint density at radius 3 is 2.54 bits per heavy atom. The van der Waals surface area contributed by atoms with Crippen LogP contribution < -0.4 is 16.7 Å². The van der Waals surface area contributed by atoms with Gasteiger partial charge in [0.1, 0.15) is 11.3 Å². The Kier molecular flexibility index (Phi) is 5.62. The van der Waals surface area contributed by atoms with Gasteiger partial charge < -0.3 is 10.2 Å². The number of phenols is 1. The number of para-hydroxylation sites is 1. The molecule has 1 fully saturated rings. The van der Waals surface area contributed by atoms with Gasteiger partial charge in [0.25, 0.3) is 11.5 Å². The lowest BCUT2D eigenvalue weighted by Gasteiger charge is -2.25. The third-order valence-corrected chi connectivity index (χ3v) is 4.89. The second-order valence-corrected chi connectivity index (χ2v) is 6.78. The lowest BCUT2D eigenvalue weighted by molar-refractivity contribution is 0.0952. The summed E-state index contributed by atoms with van der Waals surface area (Å²) in [6.45, 7) is 1.44. The molecule has 0 saturated heterocycles. The van der Waals surface area contributed by atoms with Gasteiger partial charge in [-0.15, -0.1) is 0 Å². The Bertz CT molecular complexity index is 1030. The van der Waals surface area contributed by atoms with Crippen molar-refractivity contribution in [2.24, 2.45) is 5.10 Å². The van der Waals surface area contributed by atoms with Crippen LogP contribution in [0.1, 0.15) is 61.0 Å². The topological polar surface area (TPSA) is 137 Å². The van der Waals surface area contributed by atoms with Crippen molar-refractivity contribution in [3.05, 3.63) is 56.2 Å². The summed E-state index contributed by atoms with van der Waals surface area (Å²) < 4.78 is 1.19. The van der Waals surface area contributed by atoms with E-state index in [2.05, 4.69) is 15.5 Å². The molecule has 1 aliphatic carbocycles. The van der Waals surface area contributed by atoms with Gasteiger partial charge in [0.2, 0.25) is 5.88 Å². The van der Waals surface area contributed by atoms with Gasteiger partial charge in [0.15, 0.2) is 0 Å². The number of carbonyl (C=O) groups is 1. The Balaban J connectivity index is 1.93. The highest BCUT2D eigenvalue weighted by Gasteiger charge is 2.24. The van der Waals surface area contributed by atoms with E-state index >= 15 is 0 Å².